The molecule has 1 N–H and O–H groups in total. The predicted molar refractivity (Wildman–Crippen MR) is 121 cm³/mol. The van der Waals surface area contributed by atoms with E-state index in [1.165, 1.54) is 6.07 Å². The Morgan fingerprint density at radius 1 is 1.23 bits per heavy atom. The number of halogens is 1. The van der Waals surface area contributed by atoms with Gasteiger partial charge in [-0.3, -0.25) is 4.72 Å². The summed E-state index contributed by atoms with van der Waals surface area (Å²) in [4.78, 5) is 6.43. The molecule has 2 aromatic carbocycles. The average Bonchev–Trinajstić information content (AvgIpc) is 2.75. The predicted octanol–water partition coefficient (Wildman–Crippen LogP) is 4.25. The van der Waals surface area contributed by atoms with Crippen molar-refractivity contribution in [3.8, 4) is 11.6 Å². The first kappa shape index (κ1) is 21.3. The van der Waals surface area contributed by atoms with Crippen molar-refractivity contribution in [2.24, 2.45) is 0 Å². The third kappa shape index (κ3) is 4.55. The summed E-state index contributed by atoms with van der Waals surface area (Å²) in [5.41, 5.74) is 2.63. The molecule has 7 nitrogen and oxygen atoms in total. The van der Waals surface area contributed by atoms with Crippen LogP contribution in [0.25, 0.3) is 0 Å². The first-order valence-corrected chi connectivity index (χ1v) is 11.5. The van der Waals surface area contributed by atoms with Crippen molar-refractivity contribution in [3.63, 3.8) is 0 Å². The smallest absolute Gasteiger partial charge is 0.262 e. The number of aromatic nitrogens is 1. The van der Waals surface area contributed by atoms with Crippen LogP contribution in [0.15, 0.2) is 59.6 Å². The van der Waals surface area contributed by atoms with Gasteiger partial charge in [0.15, 0.2) is 0 Å². The lowest BCUT2D eigenvalue weighted by Crippen LogP contribution is -2.28. The van der Waals surface area contributed by atoms with Crippen LogP contribution in [-0.4, -0.2) is 33.6 Å². The molecule has 0 aliphatic carbocycles. The first-order chi connectivity index (χ1) is 14.8. The zero-order chi connectivity index (χ0) is 22.0. The number of fused-ring (bicyclic) bond motifs is 1. The van der Waals surface area contributed by atoms with Gasteiger partial charge >= 0.3 is 0 Å². The van der Waals surface area contributed by atoms with Gasteiger partial charge in [-0.15, -0.1) is 0 Å². The summed E-state index contributed by atoms with van der Waals surface area (Å²) in [7, 11) is -1.85. The minimum absolute atomic E-state index is 0.103. The Bertz CT molecular complexity index is 1220. The number of sulfonamides is 1. The topological polar surface area (TPSA) is 80.8 Å². The lowest BCUT2D eigenvalue weighted by molar-refractivity contribution is 0.290. The molecule has 0 saturated heterocycles. The number of ether oxygens (including phenoxy) is 2. The molecular weight excluding hydrogens is 438 g/mol. The fourth-order valence-corrected chi connectivity index (χ4v) is 4.86. The molecule has 0 saturated carbocycles. The summed E-state index contributed by atoms with van der Waals surface area (Å²) in [5.74, 6) is 0.981. The average molecular weight is 460 g/mol. The quantitative estimate of drug-likeness (QED) is 0.593. The molecule has 31 heavy (non-hydrogen) atoms. The maximum Gasteiger partial charge on any atom is 0.262 e. The van der Waals surface area contributed by atoms with E-state index in [-0.39, 0.29) is 23.1 Å². The van der Waals surface area contributed by atoms with Crippen molar-refractivity contribution in [1.29, 1.82) is 0 Å². The molecule has 1 aromatic heterocycles. The number of hydrogen-bond donors (Lipinski definition) is 1. The second kappa shape index (κ2) is 8.64. The molecule has 0 fully saturated rings. The largest absolute Gasteiger partial charge is 0.490 e. The second-order valence-corrected chi connectivity index (χ2v) is 9.24. The summed E-state index contributed by atoms with van der Waals surface area (Å²) in [6.45, 7) is 3.34. The van der Waals surface area contributed by atoms with E-state index in [1.807, 2.05) is 25.2 Å². The van der Waals surface area contributed by atoms with Crippen LogP contribution in [0.5, 0.6) is 11.6 Å². The molecule has 0 amide bonds. The molecule has 3 aromatic rings. The van der Waals surface area contributed by atoms with E-state index in [4.69, 9.17) is 21.1 Å². The Labute approximate surface area is 186 Å². The van der Waals surface area contributed by atoms with E-state index in [9.17, 15) is 8.42 Å². The molecule has 0 bridgehead atoms. The molecule has 0 unspecified atom stereocenters. The van der Waals surface area contributed by atoms with E-state index in [0.29, 0.717) is 17.2 Å². The number of likely N-dealkylation sites (N-methyl/N-ethyl adjacent to an activating group) is 1. The molecule has 4 rings (SSSR count). The highest BCUT2D eigenvalue weighted by Crippen LogP contribution is 2.32. The highest BCUT2D eigenvalue weighted by Gasteiger charge is 2.21. The summed E-state index contributed by atoms with van der Waals surface area (Å²) < 4.78 is 40.0. The van der Waals surface area contributed by atoms with Gasteiger partial charge in [0.1, 0.15) is 24.7 Å². The normalized spacial score (nSPS) is 13.3. The Balaban J connectivity index is 1.54. The van der Waals surface area contributed by atoms with E-state index in [0.717, 1.165) is 23.5 Å². The number of hydrogen-bond acceptors (Lipinski definition) is 6. The number of rotatable bonds is 6. The van der Waals surface area contributed by atoms with Crippen LogP contribution in [0.3, 0.4) is 0 Å². The number of anilines is 2. The van der Waals surface area contributed by atoms with Crippen molar-refractivity contribution >= 4 is 33.0 Å². The fraction of sp³-hybridized carbons (Fsp3) is 0.227. The van der Waals surface area contributed by atoms with Gasteiger partial charge < -0.3 is 14.4 Å². The maximum absolute atomic E-state index is 12.9. The Morgan fingerprint density at radius 3 is 2.90 bits per heavy atom. The molecular formula is C22H22ClN3O4S. The van der Waals surface area contributed by atoms with Crippen molar-refractivity contribution in [1.82, 2.24) is 4.98 Å². The van der Waals surface area contributed by atoms with Gasteiger partial charge in [-0.1, -0.05) is 23.7 Å². The number of benzene rings is 2. The summed E-state index contributed by atoms with van der Waals surface area (Å²) in [6, 6.07) is 13.8. The van der Waals surface area contributed by atoms with E-state index < -0.39 is 10.0 Å². The van der Waals surface area contributed by atoms with Gasteiger partial charge in [-0.25, -0.2) is 13.4 Å². The van der Waals surface area contributed by atoms with Crippen LogP contribution >= 0.6 is 11.6 Å². The molecule has 0 radical (unpaired) electrons. The molecule has 1 aliphatic rings. The second-order valence-electron chi connectivity index (χ2n) is 7.19. The standard InChI is InChI=1S/C22H22ClN3O4S/c1-15-17(23)5-3-7-21(15)31(27,28)25-18-6-4-10-24-22(18)30-14-16-8-9-19-20(13-16)29-12-11-26(19)2/h3-10,13,25H,11-12,14H2,1-2H3. The van der Waals surface area contributed by atoms with Crippen molar-refractivity contribution in [2.45, 2.75) is 18.4 Å². The van der Waals surface area contributed by atoms with Crippen LogP contribution in [0.4, 0.5) is 11.4 Å². The molecule has 9 heteroatoms. The van der Waals surface area contributed by atoms with Gasteiger partial charge in [0, 0.05) is 18.3 Å². The van der Waals surface area contributed by atoms with Crippen molar-refractivity contribution in [3.05, 3.63) is 70.9 Å². The third-order valence-corrected chi connectivity index (χ3v) is 6.94. The van der Waals surface area contributed by atoms with Gasteiger partial charge in [-0.2, -0.15) is 0 Å². The molecule has 0 atom stereocenters. The zero-order valence-corrected chi connectivity index (χ0v) is 18.7. The highest BCUT2D eigenvalue weighted by atomic mass is 35.5. The van der Waals surface area contributed by atoms with Gasteiger partial charge in [0.05, 0.1) is 17.1 Å². The summed E-state index contributed by atoms with van der Waals surface area (Å²) in [6.07, 6.45) is 1.54. The van der Waals surface area contributed by atoms with Crippen LogP contribution < -0.4 is 19.1 Å². The summed E-state index contributed by atoms with van der Waals surface area (Å²) >= 11 is 6.09. The third-order valence-electron chi connectivity index (χ3n) is 5.02. The molecule has 162 valence electrons. The fourth-order valence-electron chi connectivity index (χ4n) is 3.31. The van der Waals surface area contributed by atoms with Crippen LogP contribution in [0.1, 0.15) is 11.1 Å². The minimum Gasteiger partial charge on any atom is -0.490 e. The zero-order valence-electron chi connectivity index (χ0n) is 17.1. The maximum atomic E-state index is 12.9. The Kier molecular flexibility index (Phi) is 5.93. The van der Waals surface area contributed by atoms with Crippen LogP contribution in [0, 0.1) is 6.92 Å². The first-order valence-electron chi connectivity index (χ1n) is 9.68. The Hall–Kier alpha value is -2.97. The van der Waals surface area contributed by atoms with Crippen molar-refractivity contribution < 1.29 is 17.9 Å². The van der Waals surface area contributed by atoms with E-state index in [1.54, 1.807) is 37.4 Å². The van der Waals surface area contributed by atoms with E-state index >= 15 is 0 Å². The lowest BCUT2D eigenvalue weighted by Gasteiger charge is -2.28. The Morgan fingerprint density at radius 2 is 2.06 bits per heavy atom. The SMILES string of the molecule is Cc1c(Cl)cccc1S(=O)(=O)Nc1cccnc1OCc1ccc2c(c1)OCCN2C. The summed E-state index contributed by atoms with van der Waals surface area (Å²) in [5, 5.41) is 0.380. The number of pyridine rings is 1. The lowest BCUT2D eigenvalue weighted by atomic mass is 10.1. The van der Waals surface area contributed by atoms with Gasteiger partial charge in [0.2, 0.25) is 5.88 Å². The van der Waals surface area contributed by atoms with Crippen molar-refractivity contribution in [2.75, 3.05) is 29.8 Å². The van der Waals surface area contributed by atoms with Crippen LogP contribution in [-0.2, 0) is 16.6 Å². The highest BCUT2D eigenvalue weighted by molar-refractivity contribution is 7.92. The van der Waals surface area contributed by atoms with E-state index in [2.05, 4.69) is 14.6 Å². The molecule has 2 heterocycles. The number of nitrogens with zero attached hydrogens (tertiary/aromatic N) is 2. The van der Waals surface area contributed by atoms with Gasteiger partial charge in [-0.05, 0) is 54.4 Å². The molecule has 0 spiro atoms. The molecule has 1 aliphatic heterocycles. The van der Waals surface area contributed by atoms with Crippen LogP contribution in [0.2, 0.25) is 5.02 Å². The number of nitrogens with one attached hydrogen (secondary N) is 1. The minimum atomic E-state index is -3.87. The van der Waals surface area contributed by atoms with Gasteiger partial charge in [0.25, 0.3) is 10.0 Å². The monoisotopic (exact) mass is 459 g/mol.